The van der Waals surface area contributed by atoms with Crippen molar-refractivity contribution in [3.8, 4) is 0 Å². The van der Waals surface area contributed by atoms with Gasteiger partial charge in [-0.25, -0.2) is 4.79 Å². The van der Waals surface area contributed by atoms with Crippen LogP contribution in [0.3, 0.4) is 0 Å². The summed E-state index contributed by atoms with van der Waals surface area (Å²) in [5.41, 5.74) is 0. The van der Waals surface area contributed by atoms with Gasteiger partial charge in [0.1, 0.15) is 0 Å². The number of piperidine rings is 1. The summed E-state index contributed by atoms with van der Waals surface area (Å²) >= 11 is 0. The Balaban J connectivity index is 1.31. The fourth-order valence-corrected chi connectivity index (χ4v) is 4.99. The van der Waals surface area contributed by atoms with Crippen LogP contribution >= 0.6 is 0 Å². The molecule has 5 nitrogen and oxygen atoms in total. The number of urea groups is 1. The van der Waals surface area contributed by atoms with Gasteiger partial charge in [0.05, 0.1) is 0 Å². The van der Waals surface area contributed by atoms with Crippen molar-refractivity contribution in [1.82, 2.24) is 15.1 Å². The van der Waals surface area contributed by atoms with E-state index in [4.69, 9.17) is 0 Å². The molecule has 1 N–H and O–H groups in total. The Morgan fingerprint density at radius 2 is 1.46 bits per heavy atom. The largest absolute Gasteiger partial charge is 0.343 e. The first-order chi connectivity index (χ1) is 12.7. The molecule has 0 aromatic carbocycles. The molecule has 2 atom stereocenters. The molecule has 0 radical (unpaired) electrons. The first kappa shape index (κ1) is 19.5. The van der Waals surface area contributed by atoms with E-state index in [1.807, 2.05) is 9.80 Å². The smallest absolute Gasteiger partial charge is 0.317 e. The molecule has 2 unspecified atom stereocenters. The van der Waals surface area contributed by atoms with Crippen LogP contribution in [0.15, 0.2) is 0 Å². The highest BCUT2D eigenvalue weighted by atomic mass is 16.2. The second-order valence-corrected chi connectivity index (χ2v) is 8.52. The predicted octanol–water partition coefficient (Wildman–Crippen LogP) is 3.78. The number of fused-ring (bicyclic) bond motifs is 1. The second kappa shape index (κ2) is 10.2. The van der Waals surface area contributed by atoms with E-state index in [0.29, 0.717) is 13.0 Å². The van der Waals surface area contributed by atoms with Crippen molar-refractivity contribution < 1.29 is 9.59 Å². The maximum Gasteiger partial charge on any atom is 0.317 e. The van der Waals surface area contributed by atoms with Gasteiger partial charge in [0.25, 0.3) is 0 Å². The molecule has 2 heterocycles. The lowest BCUT2D eigenvalue weighted by molar-refractivity contribution is -0.131. The molecule has 0 aromatic rings. The van der Waals surface area contributed by atoms with Crippen molar-refractivity contribution in [2.24, 2.45) is 11.8 Å². The summed E-state index contributed by atoms with van der Waals surface area (Å²) in [7, 11) is 0. The van der Waals surface area contributed by atoms with Gasteiger partial charge < -0.3 is 15.1 Å². The first-order valence-electron chi connectivity index (χ1n) is 11.0. The highest BCUT2D eigenvalue weighted by Gasteiger charge is 2.32. The minimum absolute atomic E-state index is 0.0766. The highest BCUT2D eigenvalue weighted by Crippen LogP contribution is 2.35. The standard InChI is InChI=1S/C21H37N3O2/c25-20(23-14-6-2-1-3-7-15-23)11-8-13-22-21(26)24-16-12-18-9-4-5-10-19(18)17-24/h18-19H,1-17H2,(H,22,26). The molecule has 148 valence electrons. The third-order valence-corrected chi connectivity index (χ3v) is 6.63. The number of hydrogen-bond acceptors (Lipinski definition) is 2. The molecule has 5 heteroatoms. The van der Waals surface area contributed by atoms with Gasteiger partial charge in [0, 0.05) is 39.1 Å². The number of nitrogens with zero attached hydrogens (tertiary/aromatic N) is 2. The lowest BCUT2D eigenvalue weighted by atomic mass is 9.75. The number of rotatable bonds is 4. The topological polar surface area (TPSA) is 52.7 Å². The molecule has 1 aliphatic carbocycles. The maximum atomic E-state index is 12.4. The molecular weight excluding hydrogens is 326 g/mol. The van der Waals surface area contributed by atoms with Gasteiger partial charge in [-0.3, -0.25) is 4.79 Å². The summed E-state index contributed by atoms with van der Waals surface area (Å²) in [5, 5.41) is 3.04. The Morgan fingerprint density at radius 1 is 0.769 bits per heavy atom. The Morgan fingerprint density at radius 3 is 2.23 bits per heavy atom. The van der Waals surface area contributed by atoms with Crippen LogP contribution in [-0.4, -0.2) is 54.5 Å². The monoisotopic (exact) mass is 363 g/mol. The van der Waals surface area contributed by atoms with Crippen molar-refractivity contribution in [1.29, 1.82) is 0 Å². The average Bonchev–Trinajstić information content (AvgIpc) is 2.64. The molecule has 3 rings (SSSR count). The van der Waals surface area contributed by atoms with Crippen LogP contribution in [0.25, 0.3) is 0 Å². The number of carbonyl (C=O) groups excluding carboxylic acids is 2. The fourth-order valence-electron chi connectivity index (χ4n) is 4.99. The molecule has 26 heavy (non-hydrogen) atoms. The van der Waals surface area contributed by atoms with Gasteiger partial charge in [-0.05, 0) is 43.9 Å². The Bertz CT molecular complexity index is 460. The zero-order valence-electron chi connectivity index (χ0n) is 16.4. The molecule has 2 aliphatic heterocycles. The highest BCUT2D eigenvalue weighted by molar-refractivity contribution is 5.76. The van der Waals surface area contributed by atoms with Crippen LogP contribution in [0.5, 0.6) is 0 Å². The fraction of sp³-hybridized carbons (Fsp3) is 0.905. The Kier molecular flexibility index (Phi) is 7.63. The van der Waals surface area contributed by atoms with Gasteiger partial charge in [-0.15, -0.1) is 0 Å². The second-order valence-electron chi connectivity index (χ2n) is 8.52. The van der Waals surface area contributed by atoms with E-state index in [9.17, 15) is 9.59 Å². The van der Waals surface area contributed by atoms with Crippen molar-refractivity contribution in [3.05, 3.63) is 0 Å². The summed E-state index contributed by atoms with van der Waals surface area (Å²) < 4.78 is 0. The minimum Gasteiger partial charge on any atom is -0.343 e. The molecule has 2 saturated heterocycles. The SMILES string of the molecule is O=C(CCCNC(=O)N1CCC2CCCCC2C1)N1CCCCCCC1. The summed E-state index contributed by atoms with van der Waals surface area (Å²) in [4.78, 5) is 28.8. The van der Waals surface area contributed by atoms with Crippen LogP contribution in [-0.2, 0) is 4.79 Å². The van der Waals surface area contributed by atoms with Crippen molar-refractivity contribution in [2.75, 3.05) is 32.7 Å². The third-order valence-electron chi connectivity index (χ3n) is 6.63. The van der Waals surface area contributed by atoms with Gasteiger partial charge in [-0.2, -0.15) is 0 Å². The van der Waals surface area contributed by atoms with Gasteiger partial charge in [0.2, 0.25) is 5.91 Å². The van der Waals surface area contributed by atoms with E-state index in [1.54, 1.807) is 0 Å². The molecule has 3 fully saturated rings. The van der Waals surface area contributed by atoms with E-state index >= 15 is 0 Å². The molecular formula is C21H37N3O2. The van der Waals surface area contributed by atoms with Crippen molar-refractivity contribution in [2.45, 2.75) is 77.0 Å². The molecule has 0 bridgehead atoms. The van der Waals surface area contributed by atoms with E-state index < -0.39 is 0 Å². The van der Waals surface area contributed by atoms with Gasteiger partial charge in [0.15, 0.2) is 0 Å². The van der Waals surface area contributed by atoms with Crippen LogP contribution in [0, 0.1) is 11.8 Å². The van der Waals surface area contributed by atoms with E-state index in [2.05, 4.69) is 5.32 Å². The van der Waals surface area contributed by atoms with Crippen molar-refractivity contribution in [3.63, 3.8) is 0 Å². The summed E-state index contributed by atoms with van der Waals surface area (Å²) in [5.74, 6) is 1.84. The lowest BCUT2D eigenvalue weighted by Crippen LogP contribution is -2.49. The average molecular weight is 364 g/mol. The molecule has 1 saturated carbocycles. The van der Waals surface area contributed by atoms with Crippen LogP contribution in [0.2, 0.25) is 0 Å². The van der Waals surface area contributed by atoms with Gasteiger partial charge in [-0.1, -0.05) is 38.5 Å². The van der Waals surface area contributed by atoms with E-state index in [1.165, 1.54) is 51.4 Å². The molecule has 0 aromatic heterocycles. The van der Waals surface area contributed by atoms with Crippen LogP contribution in [0.4, 0.5) is 4.79 Å². The number of carbonyl (C=O) groups is 2. The third kappa shape index (κ3) is 5.62. The molecule has 3 amide bonds. The van der Waals surface area contributed by atoms with Gasteiger partial charge >= 0.3 is 6.03 Å². The Hall–Kier alpha value is -1.26. The number of nitrogens with one attached hydrogen (secondary N) is 1. The predicted molar refractivity (Wildman–Crippen MR) is 104 cm³/mol. The summed E-state index contributed by atoms with van der Waals surface area (Å²) in [6, 6.07) is 0.0766. The first-order valence-corrected chi connectivity index (χ1v) is 11.0. The lowest BCUT2D eigenvalue weighted by Gasteiger charge is -2.41. The van der Waals surface area contributed by atoms with Crippen LogP contribution in [0.1, 0.15) is 77.0 Å². The maximum absolute atomic E-state index is 12.4. The summed E-state index contributed by atoms with van der Waals surface area (Å²) in [6.07, 6.45) is 13.9. The van der Waals surface area contributed by atoms with Crippen molar-refractivity contribution >= 4 is 11.9 Å². The van der Waals surface area contributed by atoms with E-state index in [-0.39, 0.29) is 11.9 Å². The quantitative estimate of drug-likeness (QED) is 0.773. The number of amides is 3. The zero-order valence-corrected chi connectivity index (χ0v) is 16.4. The zero-order chi connectivity index (χ0) is 18.2. The summed E-state index contributed by atoms with van der Waals surface area (Å²) in [6.45, 7) is 4.29. The molecule has 0 spiro atoms. The molecule has 3 aliphatic rings. The normalized spacial score (nSPS) is 27.2. The number of hydrogen-bond donors (Lipinski definition) is 1. The minimum atomic E-state index is 0.0766. The van der Waals surface area contributed by atoms with Crippen LogP contribution < -0.4 is 5.32 Å². The van der Waals surface area contributed by atoms with E-state index in [0.717, 1.165) is 57.3 Å². The Labute approximate surface area is 158 Å². The number of likely N-dealkylation sites (tertiary alicyclic amines) is 2.